The molecule has 0 spiro atoms. The van der Waals surface area contributed by atoms with Crippen molar-refractivity contribution in [2.75, 3.05) is 11.9 Å². The Balaban J connectivity index is 1.60. The highest BCUT2D eigenvalue weighted by molar-refractivity contribution is 7.13. The number of benzene rings is 2. The minimum atomic E-state index is -0.642. The molecule has 1 amide bonds. The monoisotopic (exact) mass is 414 g/mol. The molecule has 5 nitrogen and oxygen atoms in total. The summed E-state index contributed by atoms with van der Waals surface area (Å²) in [6.07, 6.45) is 0. The standard InChI is InChI=1S/C21H19ClN2O3S/c1-12-4-6-15(7-5-12)20-23-17(11-28-20)21(26)27-10-18(25)24-19-14(3)8-13(2)9-16(19)22/h4-9,11H,10H2,1-3H3,(H,24,25). The molecule has 0 atom stereocenters. The third kappa shape index (κ3) is 4.77. The lowest BCUT2D eigenvalue weighted by Gasteiger charge is -2.11. The molecule has 0 saturated heterocycles. The lowest BCUT2D eigenvalue weighted by Crippen LogP contribution is -2.21. The number of aryl methyl sites for hydroxylation is 3. The zero-order valence-corrected chi connectivity index (χ0v) is 17.3. The van der Waals surface area contributed by atoms with Crippen molar-refractivity contribution in [1.82, 2.24) is 4.98 Å². The van der Waals surface area contributed by atoms with Crippen LogP contribution >= 0.6 is 22.9 Å². The van der Waals surface area contributed by atoms with E-state index in [0.717, 1.165) is 27.3 Å². The number of nitrogens with one attached hydrogen (secondary N) is 1. The molecule has 0 radical (unpaired) electrons. The maximum Gasteiger partial charge on any atom is 0.358 e. The summed E-state index contributed by atoms with van der Waals surface area (Å²) in [5, 5.41) is 5.47. The van der Waals surface area contributed by atoms with Crippen molar-refractivity contribution in [3.05, 3.63) is 69.2 Å². The molecule has 0 fully saturated rings. The molecule has 144 valence electrons. The third-order valence-electron chi connectivity index (χ3n) is 4.04. The number of halogens is 1. The third-order valence-corrected chi connectivity index (χ3v) is 5.23. The first-order chi connectivity index (χ1) is 13.3. The number of amides is 1. The van der Waals surface area contributed by atoms with Gasteiger partial charge in [0, 0.05) is 10.9 Å². The van der Waals surface area contributed by atoms with E-state index in [2.05, 4.69) is 10.3 Å². The maximum atomic E-state index is 12.2. The van der Waals surface area contributed by atoms with Gasteiger partial charge in [-0.2, -0.15) is 0 Å². The highest BCUT2D eigenvalue weighted by Gasteiger charge is 2.16. The second-order valence-corrected chi connectivity index (χ2v) is 7.73. The number of thiazole rings is 1. The van der Waals surface area contributed by atoms with Gasteiger partial charge in [-0.15, -0.1) is 11.3 Å². The Labute approximate surface area is 172 Å². The average Bonchev–Trinajstić information content (AvgIpc) is 3.13. The van der Waals surface area contributed by atoms with E-state index in [4.69, 9.17) is 16.3 Å². The molecule has 7 heteroatoms. The van der Waals surface area contributed by atoms with E-state index in [1.54, 1.807) is 11.4 Å². The fourth-order valence-corrected chi connectivity index (χ4v) is 3.81. The minimum absolute atomic E-state index is 0.179. The lowest BCUT2D eigenvalue weighted by molar-refractivity contribution is -0.119. The lowest BCUT2D eigenvalue weighted by atomic mass is 10.1. The number of carbonyl (C=O) groups excluding carboxylic acids is 2. The SMILES string of the molecule is Cc1ccc(-c2nc(C(=O)OCC(=O)Nc3c(C)cc(C)cc3Cl)cs2)cc1. The second kappa shape index (κ2) is 8.54. The fraction of sp³-hybridized carbons (Fsp3) is 0.190. The van der Waals surface area contributed by atoms with E-state index in [0.29, 0.717) is 10.7 Å². The summed E-state index contributed by atoms with van der Waals surface area (Å²) in [7, 11) is 0. The minimum Gasteiger partial charge on any atom is -0.451 e. The van der Waals surface area contributed by atoms with Gasteiger partial charge in [0.1, 0.15) is 5.01 Å². The van der Waals surface area contributed by atoms with Gasteiger partial charge in [-0.3, -0.25) is 4.79 Å². The number of rotatable bonds is 5. The zero-order chi connectivity index (χ0) is 20.3. The Morgan fingerprint density at radius 3 is 2.50 bits per heavy atom. The molecule has 2 aromatic carbocycles. The predicted molar refractivity (Wildman–Crippen MR) is 112 cm³/mol. The summed E-state index contributed by atoms with van der Waals surface area (Å²) in [6, 6.07) is 11.5. The van der Waals surface area contributed by atoms with E-state index >= 15 is 0 Å². The predicted octanol–water partition coefficient (Wildman–Crippen LogP) is 5.18. The van der Waals surface area contributed by atoms with E-state index in [-0.39, 0.29) is 5.69 Å². The van der Waals surface area contributed by atoms with Gasteiger partial charge in [-0.25, -0.2) is 9.78 Å². The zero-order valence-electron chi connectivity index (χ0n) is 15.7. The van der Waals surface area contributed by atoms with Gasteiger partial charge in [-0.1, -0.05) is 47.5 Å². The van der Waals surface area contributed by atoms with Gasteiger partial charge in [0.05, 0.1) is 10.7 Å². The summed E-state index contributed by atoms with van der Waals surface area (Å²) in [5.74, 6) is -1.10. The van der Waals surface area contributed by atoms with Crippen molar-refractivity contribution in [2.45, 2.75) is 20.8 Å². The Bertz CT molecular complexity index is 1010. The molecule has 3 aromatic rings. The molecule has 0 bridgehead atoms. The summed E-state index contributed by atoms with van der Waals surface area (Å²) in [6.45, 7) is 5.36. The molecular formula is C21H19ClN2O3S. The van der Waals surface area contributed by atoms with Crippen LogP contribution in [0.3, 0.4) is 0 Å². The van der Waals surface area contributed by atoms with Crippen LogP contribution in [-0.4, -0.2) is 23.5 Å². The van der Waals surface area contributed by atoms with Crippen LogP contribution in [0.15, 0.2) is 41.8 Å². The fourth-order valence-electron chi connectivity index (χ4n) is 2.65. The normalized spacial score (nSPS) is 10.6. The Hall–Kier alpha value is -2.70. The van der Waals surface area contributed by atoms with E-state index in [9.17, 15) is 9.59 Å². The van der Waals surface area contributed by atoms with Gasteiger partial charge < -0.3 is 10.1 Å². The molecule has 0 aliphatic rings. The van der Waals surface area contributed by atoms with Crippen LogP contribution in [-0.2, 0) is 9.53 Å². The molecular weight excluding hydrogens is 396 g/mol. The average molecular weight is 415 g/mol. The van der Waals surface area contributed by atoms with Crippen LogP contribution in [0.25, 0.3) is 10.6 Å². The number of carbonyl (C=O) groups is 2. The number of ether oxygens (including phenoxy) is 1. The van der Waals surface area contributed by atoms with E-state index < -0.39 is 18.5 Å². The van der Waals surface area contributed by atoms with Gasteiger partial charge >= 0.3 is 5.97 Å². The first-order valence-electron chi connectivity index (χ1n) is 8.60. The Morgan fingerprint density at radius 1 is 1.11 bits per heavy atom. The van der Waals surface area contributed by atoms with Crippen LogP contribution in [0, 0.1) is 20.8 Å². The van der Waals surface area contributed by atoms with Gasteiger partial charge in [0.2, 0.25) is 0 Å². The number of hydrogen-bond donors (Lipinski definition) is 1. The molecule has 28 heavy (non-hydrogen) atoms. The van der Waals surface area contributed by atoms with Crippen LogP contribution in [0.2, 0.25) is 5.02 Å². The summed E-state index contributed by atoms with van der Waals surface area (Å²) in [5.41, 5.74) is 4.61. The molecule has 1 N–H and O–H groups in total. The first kappa shape index (κ1) is 20.0. The number of esters is 1. The first-order valence-corrected chi connectivity index (χ1v) is 9.85. The van der Waals surface area contributed by atoms with Crippen LogP contribution in [0.5, 0.6) is 0 Å². The van der Waals surface area contributed by atoms with Crippen molar-refractivity contribution >= 4 is 40.5 Å². The van der Waals surface area contributed by atoms with Crippen molar-refractivity contribution in [3.63, 3.8) is 0 Å². The number of nitrogens with zero attached hydrogens (tertiary/aromatic N) is 1. The molecule has 1 heterocycles. The van der Waals surface area contributed by atoms with Crippen molar-refractivity contribution in [1.29, 1.82) is 0 Å². The highest BCUT2D eigenvalue weighted by atomic mass is 35.5. The van der Waals surface area contributed by atoms with Crippen molar-refractivity contribution in [3.8, 4) is 10.6 Å². The van der Waals surface area contributed by atoms with Crippen molar-refractivity contribution in [2.24, 2.45) is 0 Å². The molecule has 0 saturated carbocycles. The van der Waals surface area contributed by atoms with Crippen molar-refractivity contribution < 1.29 is 14.3 Å². The van der Waals surface area contributed by atoms with Crippen LogP contribution in [0.4, 0.5) is 5.69 Å². The number of anilines is 1. The molecule has 0 aliphatic carbocycles. The smallest absolute Gasteiger partial charge is 0.358 e. The molecule has 1 aromatic heterocycles. The second-order valence-electron chi connectivity index (χ2n) is 6.47. The summed E-state index contributed by atoms with van der Waals surface area (Å²) in [4.78, 5) is 28.6. The van der Waals surface area contributed by atoms with Crippen LogP contribution in [0.1, 0.15) is 27.2 Å². The van der Waals surface area contributed by atoms with E-state index in [1.165, 1.54) is 11.3 Å². The van der Waals surface area contributed by atoms with E-state index in [1.807, 2.05) is 51.1 Å². The maximum absolute atomic E-state index is 12.2. The van der Waals surface area contributed by atoms with Gasteiger partial charge in [0.25, 0.3) is 5.91 Å². The largest absolute Gasteiger partial charge is 0.451 e. The topological polar surface area (TPSA) is 68.3 Å². The Kier molecular flexibility index (Phi) is 6.11. The quantitative estimate of drug-likeness (QED) is 0.584. The molecule has 3 rings (SSSR count). The summed E-state index contributed by atoms with van der Waals surface area (Å²) >= 11 is 7.53. The van der Waals surface area contributed by atoms with Gasteiger partial charge in [-0.05, 0) is 38.0 Å². The Morgan fingerprint density at radius 2 is 1.82 bits per heavy atom. The van der Waals surface area contributed by atoms with Gasteiger partial charge in [0.15, 0.2) is 12.3 Å². The highest BCUT2D eigenvalue weighted by Crippen LogP contribution is 2.27. The summed E-state index contributed by atoms with van der Waals surface area (Å²) < 4.78 is 5.08. The number of hydrogen-bond acceptors (Lipinski definition) is 5. The molecule has 0 aliphatic heterocycles. The molecule has 0 unspecified atom stereocenters. The van der Waals surface area contributed by atoms with Crippen LogP contribution < -0.4 is 5.32 Å². The number of aromatic nitrogens is 1.